The van der Waals surface area contributed by atoms with Crippen LogP contribution in [0.1, 0.15) is 24.2 Å². The first kappa shape index (κ1) is 15.3. The fraction of sp³-hybridized carbons (Fsp3) is 0.625. The lowest BCUT2D eigenvalue weighted by Gasteiger charge is -2.32. The summed E-state index contributed by atoms with van der Waals surface area (Å²) in [5.74, 6) is 0.920. The van der Waals surface area contributed by atoms with Gasteiger partial charge in [-0.25, -0.2) is 0 Å². The number of likely N-dealkylation sites (N-methyl/N-ethyl adjacent to an activating group) is 1. The summed E-state index contributed by atoms with van der Waals surface area (Å²) < 4.78 is 5.86. The van der Waals surface area contributed by atoms with Gasteiger partial charge in [-0.15, -0.1) is 0 Å². The van der Waals surface area contributed by atoms with Gasteiger partial charge in [0.05, 0.1) is 6.10 Å². The molecule has 0 bridgehead atoms. The Labute approximate surface area is 122 Å². The Morgan fingerprint density at radius 1 is 1.25 bits per heavy atom. The van der Waals surface area contributed by atoms with Gasteiger partial charge in [0.25, 0.3) is 0 Å². The maximum Gasteiger partial charge on any atom is 0.122 e. The van der Waals surface area contributed by atoms with Gasteiger partial charge >= 0.3 is 0 Å². The number of nitrogens with zero attached hydrogens (tertiary/aromatic N) is 2. The Hall–Kier alpha value is -1.10. The predicted octanol–water partition coefficient (Wildman–Crippen LogP) is 1.67. The molecule has 112 valence electrons. The third-order valence-corrected chi connectivity index (χ3v) is 3.94. The molecule has 1 atom stereocenters. The Morgan fingerprint density at radius 2 is 1.95 bits per heavy atom. The van der Waals surface area contributed by atoms with Gasteiger partial charge < -0.3 is 14.7 Å². The zero-order valence-electron chi connectivity index (χ0n) is 12.8. The number of aryl methyl sites for hydroxylation is 1. The third kappa shape index (κ3) is 4.20. The van der Waals surface area contributed by atoms with Crippen molar-refractivity contribution >= 4 is 0 Å². The van der Waals surface area contributed by atoms with Crippen LogP contribution in [0.3, 0.4) is 0 Å². The first-order valence-corrected chi connectivity index (χ1v) is 7.38. The van der Waals surface area contributed by atoms with Crippen LogP contribution in [0.2, 0.25) is 0 Å². The number of hydrogen-bond donors (Lipinski definition) is 1. The van der Waals surface area contributed by atoms with Crippen LogP contribution in [-0.2, 0) is 0 Å². The van der Waals surface area contributed by atoms with E-state index in [0.29, 0.717) is 0 Å². The predicted molar refractivity (Wildman–Crippen MR) is 81.2 cm³/mol. The highest BCUT2D eigenvalue weighted by atomic mass is 16.5. The van der Waals surface area contributed by atoms with Crippen LogP contribution in [0.15, 0.2) is 18.2 Å². The molecule has 1 aromatic rings. The van der Waals surface area contributed by atoms with Crippen molar-refractivity contribution in [3.63, 3.8) is 0 Å². The molecule has 2 rings (SSSR count). The minimum atomic E-state index is -0.423. The van der Waals surface area contributed by atoms with Crippen LogP contribution in [0.25, 0.3) is 0 Å². The van der Waals surface area contributed by atoms with E-state index in [1.807, 2.05) is 25.1 Å². The molecule has 20 heavy (non-hydrogen) atoms. The molecule has 0 unspecified atom stereocenters. The van der Waals surface area contributed by atoms with E-state index in [2.05, 4.69) is 16.8 Å². The normalized spacial score (nSPS) is 19.0. The molecule has 4 heteroatoms. The maximum atomic E-state index is 9.56. The van der Waals surface area contributed by atoms with Crippen molar-refractivity contribution in [3.05, 3.63) is 29.3 Å². The second-order valence-electron chi connectivity index (χ2n) is 5.69. The molecule has 1 aliphatic rings. The summed E-state index contributed by atoms with van der Waals surface area (Å²) in [4.78, 5) is 4.80. The molecule has 0 aromatic heterocycles. The molecule has 1 aliphatic heterocycles. The summed E-state index contributed by atoms with van der Waals surface area (Å²) in [7, 11) is 2.17. The summed E-state index contributed by atoms with van der Waals surface area (Å²) in [5, 5.41) is 9.56. The maximum absolute atomic E-state index is 9.56. The Balaban J connectivity index is 1.79. The van der Waals surface area contributed by atoms with E-state index in [-0.39, 0.29) is 0 Å². The molecule has 0 aliphatic carbocycles. The van der Waals surface area contributed by atoms with Crippen molar-refractivity contribution in [3.8, 4) is 5.75 Å². The summed E-state index contributed by atoms with van der Waals surface area (Å²) in [6, 6.07) is 5.89. The number of aliphatic hydroxyl groups excluding tert-OH is 1. The molecule has 0 saturated carbocycles. The van der Waals surface area contributed by atoms with E-state index < -0.39 is 6.10 Å². The van der Waals surface area contributed by atoms with Gasteiger partial charge in [0.15, 0.2) is 0 Å². The molecule has 1 N–H and O–H groups in total. The zero-order chi connectivity index (χ0) is 14.5. The number of piperazine rings is 1. The number of benzene rings is 1. The molecular formula is C16H26N2O2. The van der Waals surface area contributed by atoms with Crippen molar-refractivity contribution in [1.82, 2.24) is 9.80 Å². The van der Waals surface area contributed by atoms with Gasteiger partial charge in [-0.2, -0.15) is 0 Å². The van der Waals surface area contributed by atoms with Gasteiger partial charge in [0.1, 0.15) is 12.4 Å². The highest BCUT2D eigenvalue weighted by molar-refractivity contribution is 5.36. The monoisotopic (exact) mass is 278 g/mol. The molecule has 0 spiro atoms. The second kappa shape index (κ2) is 7.07. The largest absolute Gasteiger partial charge is 0.492 e. The van der Waals surface area contributed by atoms with Crippen molar-refractivity contribution < 1.29 is 9.84 Å². The minimum absolute atomic E-state index is 0.423. The first-order valence-electron chi connectivity index (χ1n) is 7.38. The van der Waals surface area contributed by atoms with Crippen molar-refractivity contribution in [2.45, 2.75) is 20.0 Å². The third-order valence-electron chi connectivity index (χ3n) is 3.94. The van der Waals surface area contributed by atoms with E-state index in [4.69, 9.17) is 4.74 Å². The highest BCUT2D eigenvalue weighted by Gasteiger charge is 2.13. The van der Waals surface area contributed by atoms with Crippen LogP contribution in [0.4, 0.5) is 0 Å². The molecule has 1 fully saturated rings. The molecule has 4 nitrogen and oxygen atoms in total. The molecular weight excluding hydrogens is 252 g/mol. The minimum Gasteiger partial charge on any atom is -0.492 e. The molecule has 0 amide bonds. The quantitative estimate of drug-likeness (QED) is 0.889. The van der Waals surface area contributed by atoms with E-state index in [0.717, 1.165) is 56.2 Å². The molecule has 1 heterocycles. The van der Waals surface area contributed by atoms with Gasteiger partial charge in [-0.1, -0.05) is 6.07 Å². The van der Waals surface area contributed by atoms with Crippen LogP contribution in [0, 0.1) is 6.92 Å². The fourth-order valence-electron chi connectivity index (χ4n) is 2.45. The fourth-order valence-corrected chi connectivity index (χ4v) is 2.45. The van der Waals surface area contributed by atoms with Gasteiger partial charge in [-0.3, -0.25) is 4.90 Å². The number of rotatable bonds is 5. The number of aliphatic hydroxyl groups is 1. The van der Waals surface area contributed by atoms with Crippen LogP contribution < -0.4 is 4.74 Å². The summed E-state index contributed by atoms with van der Waals surface area (Å²) in [6.45, 7) is 10.0. The van der Waals surface area contributed by atoms with Crippen molar-refractivity contribution in [1.29, 1.82) is 0 Å². The summed E-state index contributed by atoms with van der Waals surface area (Å²) in [5.41, 5.74) is 2.02. The second-order valence-corrected chi connectivity index (χ2v) is 5.69. The average molecular weight is 278 g/mol. The SMILES string of the molecule is Cc1cc([C@@H](C)O)ccc1OCCN1CCN(C)CC1. The number of ether oxygens (including phenoxy) is 1. The van der Waals surface area contributed by atoms with Crippen LogP contribution in [0.5, 0.6) is 5.75 Å². The summed E-state index contributed by atoms with van der Waals surface area (Å²) in [6.07, 6.45) is -0.423. The average Bonchev–Trinajstić information content (AvgIpc) is 2.42. The smallest absolute Gasteiger partial charge is 0.122 e. The molecule has 1 saturated heterocycles. The first-order chi connectivity index (χ1) is 9.56. The topological polar surface area (TPSA) is 35.9 Å². The number of hydrogen-bond acceptors (Lipinski definition) is 4. The Bertz CT molecular complexity index is 426. The lowest BCUT2D eigenvalue weighted by Crippen LogP contribution is -2.45. The van der Waals surface area contributed by atoms with E-state index in [1.54, 1.807) is 6.92 Å². The van der Waals surface area contributed by atoms with Crippen molar-refractivity contribution in [2.24, 2.45) is 0 Å². The van der Waals surface area contributed by atoms with Gasteiger partial charge in [0.2, 0.25) is 0 Å². The highest BCUT2D eigenvalue weighted by Crippen LogP contribution is 2.22. The Kier molecular flexibility index (Phi) is 5.40. The van der Waals surface area contributed by atoms with Gasteiger partial charge in [0, 0.05) is 32.7 Å². The molecule has 1 aromatic carbocycles. The Morgan fingerprint density at radius 3 is 2.55 bits per heavy atom. The van der Waals surface area contributed by atoms with Crippen LogP contribution in [-0.4, -0.2) is 61.3 Å². The van der Waals surface area contributed by atoms with Crippen molar-refractivity contribution in [2.75, 3.05) is 46.4 Å². The molecule has 0 radical (unpaired) electrons. The van der Waals surface area contributed by atoms with E-state index in [1.165, 1.54) is 0 Å². The zero-order valence-corrected chi connectivity index (χ0v) is 12.8. The van der Waals surface area contributed by atoms with E-state index in [9.17, 15) is 5.11 Å². The van der Waals surface area contributed by atoms with Crippen LogP contribution >= 0.6 is 0 Å². The standard InChI is InChI=1S/C16H26N2O2/c1-13-12-15(14(2)19)4-5-16(13)20-11-10-18-8-6-17(3)7-9-18/h4-5,12,14,19H,6-11H2,1-3H3/t14-/m1/s1. The lowest BCUT2D eigenvalue weighted by molar-refractivity contribution is 0.133. The van der Waals surface area contributed by atoms with E-state index >= 15 is 0 Å². The van der Waals surface area contributed by atoms with Gasteiger partial charge in [-0.05, 0) is 44.2 Å². The lowest BCUT2D eigenvalue weighted by atomic mass is 10.1. The summed E-state index contributed by atoms with van der Waals surface area (Å²) >= 11 is 0.